The van der Waals surface area contributed by atoms with Gasteiger partial charge in [0.2, 0.25) is 0 Å². The van der Waals surface area contributed by atoms with Crippen LogP contribution in [-0.2, 0) is 6.42 Å². The maximum Gasteiger partial charge on any atom is 0.273 e. The molecule has 1 aromatic rings. The van der Waals surface area contributed by atoms with Crippen LogP contribution >= 0.6 is 0 Å². The molecule has 1 aromatic carbocycles. The van der Waals surface area contributed by atoms with Gasteiger partial charge in [-0.25, -0.2) is 0 Å². The average molecular weight is 260 g/mol. The Morgan fingerprint density at radius 3 is 2.63 bits per heavy atom. The van der Waals surface area contributed by atoms with E-state index < -0.39 is 4.92 Å². The molecule has 0 atom stereocenters. The minimum Gasteiger partial charge on any atom is -0.496 e. The molecule has 0 amide bonds. The van der Waals surface area contributed by atoms with Crippen LogP contribution in [0.15, 0.2) is 18.2 Å². The van der Waals surface area contributed by atoms with Crippen LogP contribution in [0.5, 0.6) is 5.75 Å². The number of methoxy groups -OCH3 is 1. The molecule has 5 heteroatoms. The Bertz CT molecular complexity index is 528. The summed E-state index contributed by atoms with van der Waals surface area (Å²) in [6.07, 6.45) is 4.41. The molecule has 0 aromatic heterocycles. The average Bonchev–Trinajstić information content (AvgIpc) is 2.87. The van der Waals surface area contributed by atoms with Crippen LogP contribution in [0.2, 0.25) is 0 Å². The van der Waals surface area contributed by atoms with E-state index >= 15 is 0 Å². The lowest BCUT2D eigenvalue weighted by atomic mass is 9.81. The standard InChI is InChI=1S/C14H16N2O3/c1-19-13-7-11(6-12(8-13)16(17)18)9-14(10-15)4-2-3-5-14/h6-8H,2-5,9H2,1H3. The van der Waals surface area contributed by atoms with E-state index in [1.807, 2.05) is 0 Å². The van der Waals surface area contributed by atoms with E-state index in [9.17, 15) is 15.4 Å². The highest BCUT2D eigenvalue weighted by Gasteiger charge is 2.34. The van der Waals surface area contributed by atoms with Crippen molar-refractivity contribution in [3.63, 3.8) is 0 Å². The van der Waals surface area contributed by atoms with Gasteiger partial charge in [-0.05, 0) is 30.9 Å². The second-order valence-corrected chi connectivity index (χ2v) is 5.07. The van der Waals surface area contributed by atoms with E-state index in [1.165, 1.54) is 13.2 Å². The fraction of sp³-hybridized carbons (Fsp3) is 0.500. The molecule has 0 spiro atoms. The maximum absolute atomic E-state index is 10.9. The molecule has 0 radical (unpaired) electrons. The summed E-state index contributed by atoms with van der Waals surface area (Å²) >= 11 is 0. The van der Waals surface area contributed by atoms with Crippen LogP contribution in [0.25, 0.3) is 0 Å². The van der Waals surface area contributed by atoms with E-state index in [0.717, 1.165) is 31.2 Å². The Hall–Kier alpha value is -2.09. The number of nitriles is 1. The van der Waals surface area contributed by atoms with Gasteiger partial charge in [-0.3, -0.25) is 10.1 Å². The van der Waals surface area contributed by atoms with Crippen molar-refractivity contribution >= 4 is 5.69 Å². The molecule has 0 heterocycles. The predicted molar refractivity (Wildman–Crippen MR) is 69.9 cm³/mol. The summed E-state index contributed by atoms with van der Waals surface area (Å²) in [6, 6.07) is 7.13. The Labute approximate surface area is 112 Å². The first kappa shape index (κ1) is 13.3. The summed E-state index contributed by atoms with van der Waals surface area (Å²) in [4.78, 5) is 10.5. The maximum atomic E-state index is 10.9. The molecule has 0 N–H and O–H groups in total. The molecule has 19 heavy (non-hydrogen) atoms. The van der Waals surface area contributed by atoms with Gasteiger partial charge in [0.1, 0.15) is 5.75 Å². The molecule has 0 unspecified atom stereocenters. The lowest BCUT2D eigenvalue weighted by Crippen LogP contribution is -2.17. The minimum atomic E-state index is -0.431. The molecule has 0 aliphatic heterocycles. The number of rotatable bonds is 4. The molecule has 1 saturated carbocycles. The normalized spacial score (nSPS) is 16.8. The lowest BCUT2D eigenvalue weighted by Gasteiger charge is -2.20. The van der Waals surface area contributed by atoms with Gasteiger partial charge in [-0.15, -0.1) is 0 Å². The molecule has 5 nitrogen and oxygen atoms in total. The van der Waals surface area contributed by atoms with Gasteiger partial charge in [0.15, 0.2) is 0 Å². The molecule has 0 bridgehead atoms. The van der Waals surface area contributed by atoms with Crippen LogP contribution in [0.1, 0.15) is 31.2 Å². The van der Waals surface area contributed by atoms with Crippen molar-refractivity contribution < 1.29 is 9.66 Å². The quantitative estimate of drug-likeness (QED) is 0.615. The van der Waals surface area contributed by atoms with E-state index in [-0.39, 0.29) is 11.1 Å². The van der Waals surface area contributed by atoms with Crippen molar-refractivity contribution in [2.24, 2.45) is 5.41 Å². The Morgan fingerprint density at radius 2 is 2.11 bits per heavy atom. The van der Waals surface area contributed by atoms with Gasteiger partial charge in [-0.2, -0.15) is 5.26 Å². The first-order valence-corrected chi connectivity index (χ1v) is 6.32. The Morgan fingerprint density at radius 1 is 1.42 bits per heavy atom. The Balaban J connectivity index is 2.31. The van der Waals surface area contributed by atoms with Gasteiger partial charge >= 0.3 is 0 Å². The molecule has 1 fully saturated rings. The van der Waals surface area contributed by atoms with Crippen LogP contribution in [0.4, 0.5) is 5.69 Å². The molecule has 1 aliphatic carbocycles. The number of nitrogens with zero attached hydrogens (tertiary/aromatic N) is 2. The number of hydrogen-bond acceptors (Lipinski definition) is 4. The summed E-state index contributed by atoms with van der Waals surface area (Å²) in [7, 11) is 1.48. The molecular weight excluding hydrogens is 244 g/mol. The zero-order chi connectivity index (χ0) is 13.9. The topological polar surface area (TPSA) is 76.2 Å². The largest absolute Gasteiger partial charge is 0.496 e. The summed E-state index contributed by atoms with van der Waals surface area (Å²) < 4.78 is 5.09. The van der Waals surface area contributed by atoms with E-state index in [1.54, 1.807) is 12.1 Å². The van der Waals surface area contributed by atoms with Crippen molar-refractivity contribution in [1.82, 2.24) is 0 Å². The SMILES string of the molecule is COc1cc(CC2(C#N)CCCC2)cc([N+](=O)[O-])c1. The third-order valence-electron chi connectivity index (χ3n) is 3.74. The van der Waals surface area contributed by atoms with Crippen LogP contribution < -0.4 is 4.74 Å². The predicted octanol–water partition coefficient (Wildman–Crippen LogP) is 3.23. The second kappa shape index (κ2) is 5.27. The molecule has 2 rings (SSSR count). The number of nitro groups is 1. The molecule has 100 valence electrons. The first-order valence-electron chi connectivity index (χ1n) is 6.32. The van der Waals surface area contributed by atoms with Crippen molar-refractivity contribution in [2.45, 2.75) is 32.1 Å². The van der Waals surface area contributed by atoms with Crippen LogP contribution in [0, 0.1) is 26.9 Å². The van der Waals surface area contributed by atoms with Gasteiger partial charge in [0.05, 0.1) is 29.6 Å². The molecule has 0 saturated heterocycles. The summed E-state index contributed by atoms with van der Waals surface area (Å²) in [5.41, 5.74) is 0.454. The number of ether oxygens (including phenoxy) is 1. The smallest absolute Gasteiger partial charge is 0.273 e. The first-order chi connectivity index (χ1) is 9.08. The fourth-order valence-corrected chi connectivity index (χ4v) is 2.74. The van der Waals surface area contributed by atoms with Crippen LogP contribution in [-0.4, -0.2) is 12.0 Å². The van der Waals surface area contributed by atoms with Crippen molar-refractivity contribution in [3.8, 4) is 11.8 Å². The summed E-state index contributed by atoms with van der Waals surface area (Å²) in [5, 5.41) is 20.3. The summed E-state index contributed by atoms with van der Waals surface area (Å²) in [5.74, 6) is 0.468. The highest BCUT2D eigenvalue weighted by Crippen LogP contribution is 2.41. The third-order valence-corrected chi connectivity index (χ3v) is 3.74. The van der Waals surface area contributed by atoms with Crippen molar-refractivity contribution in [3.05, 3.63) is 33.9 Å². The van der Waals surface area contributed by atoms with Crippen LogP contribution in [0.3, 0.4) is 0 Å². The Kier molecular flexibility index (Phi) is 3.70. The third kappa shape index (κ3) is 2.84. The zero-order valence-corrected chi connectivity index (χ0v) is 10.9. The lowest BCUT2D eigenvalue weighted by molar-refractivity contribution is -0.385. The fourth-order valence-electron chi connectivity index (χ4n) is 2.74. The number of hydrogen-bond donors (Lipinski definition) is 0. The van der Waals surface area contributed by atoms with Gasteiger partial charge in [-0.1, -0.05) is 12.8 Å². The van der Waals surface area contributed by atoms with Gasteiger partial charge in [0, 0.05) is 6.07 Å². The van der Waals surface area contributed by atoms with Gasteiger partial charge in [0.25, 0.3) is 5.69 Å². The van der Waals surface area contributed by atoms with E-state index in [2.05, 4.69) is 6.07 Å². The zero-order valence-electron chi connectivity index (χ0n) is 10.9. The minimum absolute atomic E-state index is 0.0143. The molecule has 1 aliphatic rings. The van der Waals surface area contributed by atoms with E-state index in [4.69, 9.17) is 4.74 Å². The highest BCUT2D eigenvalue weighted by molar-refractivity contribution is 5.43. The second-order valence-electron chi connectivity index (χ2n) is 5.07. The van der Waals surface area contributed by atoms with Crippen molar-refractivity contribution in [1.29, 1.82) is 5.26 Å². The number of benzene rings is 1. The van der Waals surface area contributed by atoms with Gasteiger partial charge < -0.3 is 4.74 Å². The molecular formula is C14H16N2O3. The monoisotopic (exact) mass is 260 g/mol. The number of nitro benzene ring substituents is 1. The summed E-state index contributed by atoms with van der Waals surface area (Å²) in [6.45, 7) is 0. The van der Waals surface area contributed by atoms with E-state index in [0.29, 0.717) is 12.2 Å². The number of non-ortho nitro benzene ring substituents is 1. The van der Waals surface area contributed by atoms with Crippen molar-refractivity contribution in [2.75, 3.05) is 7.11 Å². The highest BCUT2D eigenvalue weighted by atomic mass is 16.6.